The molecule has 5 heteroatoms. The van der Waals surface area contributed by atoms with Crippen LogP contribution in [0.4, 0.5) is 0 Å². The summed E-state index contributed by atoms with van der Waals surface area (Å²) in [5, 5.41) is 12.1. The number of rotatable bonds is 2. The van der Waals surface area contributed by atoms with E-state index in [4.69, 9.17) is 5.26 Å². The van der Waals surface area contributed by atoms with Gasteiger partial charge in [-0.1, -0.05) is 18.6 Å². The Kier molecular flexibility index (Phi) is 3.56. The van der Waals surface area contributed by atoms with Gasteiger partial charge in [0.25, 0.3) is 0 Å². The van der Waals surface area contributed by atoms with Crippen molar-refractivity contribution in [2.45, 2.75) is 31.5 Å². The number of piperidine rings is 1. The summed E-state index contributed by atoms with van der Waals surface area (Å²) in [5.74, 6) is 0. The van der Waals surface area contributed by atoms with Crippen LogP contribution in [0.25, 0.3) is 0 Å². The van der Waals surface area contributed by atoms with Gasteiger partial charge in [-0.15, -0.1) is 0 Å². The third-order valence-electron chi connectivity index (χ3n) is 4.06. The van der Waals surface area contributed by atoms with Gasteiger partial charge in [-0.3, -0.25) is 0 Å². The third-order valence-corrected chi connectivity index (χ3v) is 6.89. The van der Waals surface area contributed by atoms with Crippen LogP contribution in [-0.2, 0) is 6.16 Å². The number of fused-ring (bicyclic) bond motifs is 1. The van der Waals surface area contributed by atoms with E-state index in [0.29, 0.717) is 17.8 Å². The number of hydrogen-bond donors (Lipinski definition) is 1. The Bertz CT molecular complexity index is 498. The summed E-state index contributed by atoms with van der Waals surface area (Å²) in [6, 6.07) is 9.99. The fourth-order valence-electron chi connectivity index (χ4n) is 3.04. The summed E-state index contributed by atoms with van der Waals surface area (Å²) in [5.41, 5.74) is 1.69. The van der Waals surface area contributed by atoms with Crippen molar-refractivity contribution in [1.82, 2.24) is 9.76 Å². The molecule has 0 aliphatic carbocycles. The molecule has 0 spiro atoms. The van der Waals surface area contributed by atoms with Gasteiger partial charge in [-0.05, 0) is 30.5 Å². The zero-order valence-corrected chi connectivity index (χ0v) is 11.8. The first kappa shape index (κ1) is 13.0. The molecule has 0 radical (unpaired) electrons. The molecule has 2 aliphatic heterocycles. The molecule has 0 amide bonds. The highest BCUT2D eigenvalue weighted by atomic mass is 31.2. The van der Waals surface area contributed by atoms with Gasteiger partial charge in [0.05, 0.1) is 24.2 Å². The topological polar surface area (TPSA) is 62.1 Å². The van der Waals surface area contributed by atoms with Gasteiger partial charge in [0.1, 0.15) is 14.0 Å². The highest BCUT2D eigenvalue weighted by Gasteiger charge is 2.46. The van der Waals surface area contributed by atoms with Crippen molar-refractivity contribution in [3.05, 3.63) is 35.4 Å². The Hall–Kier alpha value is -0.980. The maximum absolute atomic E-state index is 13.1. The summed E-state index contributed by atoms with van der Waals surface area (Å²) in [6.45, 7) is 1.80. The van der Waals surface area contributed by atoms with Crippen LogP contribution in [0.3, 0.4) is 0 Å². The van der Waals surface area contributed by atoms with Crippen LogP contribution in [0.1, 0.15) is 30.4 Å². The van der Waals surface area contributed by atoms with Crippen molar-refractivity contribution in [3.63, 3.8) is 0 Å². The predicted octanol–water partition coefficient (Wildman–Crippen LogP) is 1.64. The minimum Gasteiger partial charge on any atom is -0.651 e. The highest BCUT2D eigenvalue weighted by molar-refractivity contribution is 7.64. The summed E-state index contributed by atoms with van der Waals surface area (Å²) >= 11 is 0. The lowest BCUT2D eigenvalue weighted by Crippen LogP contribution is -2.38. The normalized spacial score (nSPS) is 30.8. The fourth-order valence-corrected chi connectivity index (χ4v) is 5.90. The molecule has 100 valence electrons. The zero-order valence-electron chi connectivity index (χ0n) is 10.9. The molecule has 2 saturated heterocycles. The molecule has 1 aromatic rings. The Morgan fingerprint density at radius 2 is 2.16 bits per heavy atom. The van der Waals surface area contributed by atoms with E-state index in [1.807, 2.05) is 12.1 Å². The molecule has 0 bridgehead atoms. The number of nitriles is 1. The molecule has 2 atom stereocenters. The lowest BCUT2D eigenvalue weighted by atomic mass is 10.1. The molecule has 0 aromatic heterocycles. The lowest BCUT2D eigenvalue weighted by molar-refractivity contribution is -0.184. The van der Waals surface area contributed by atoms with Crippen LogP contribution < -0.4 is 9.98 Å². The van der Waals surface area contributed by atoms with E-state index in [1.54, 1.807) is 12.1 Å². The average Bonchev–Trinajstić information content (AvgIpc) is 2.78. The summed E-state index contributed by atoms with van der Waals surface area (Å²) < 4.78 is 2.20. The summed E-state index contributed by atoms with van der Waals surface area (Å²) in [6.07, 6.45) is 4.12. The number of benzene rings is 1. The van der Waals surface area contributed by atoms with Gasteiger partial charge in [-0.25, -0.2) is 0 Å². The monoisotopic (exact) mass is 275 g/mol. The van der Waals surface area contributed by atoms with Crippen molar-refractivity contribution in [1.29, 1.82) is 5.26 Å². The van der Waals surface area contributed by atoms with E-state index < -0.39 is 7.79 Å². The van der Waals surface area contributed by atoms with Crippen LogP contribution in [0.2, 0.25) is 0 Å². The van der Waals surface area contributed by atoms with Gasteiger partial charge >= 0.3 is 0 Å². The lowest BCUT2D eigenvalue weighted by Gasteiger charge is -2.38. The summed E-state index contributed by atoms with van der Waals surface area (Å²) in [7, 11) is -2.45. The molecular formula is C14H18N3OP. The quantitative estimate of drug-likeness (QED) is 0.833. The van der Waals surface area contributed by atoms with Crippen LogP contribution in [0.5, 0.6) is 0 Å². The Labute approximate surface area is 114 Å². The molecule has 2 aliphatic rings. The van der Waals surface area contributed by atoms with Crippen molar-refractivity contribution in [2.75, 3.05) is 13.1 Å². The van der Waals surface area contributed by atoms with E-state index in [9.17, 15) is 4.89 Å². The van der Waals surface area contributed by atoms with Crippen molar-refractivity contribution >= 4 is 7.79 Å². The standard InChI is InChI=1S/C14H18N3OP/c15-9-12-4-6-13(7-5-12)11-19(18)16-10-14-3-1-2-8-17(14)19/h4-7,14H,1-3,8,10-11H2,(H,16,18). The molecule has 3 rings (SSSR count). The van der Waals surface area contributed by atoms with E-state index in [-0.39, 0.29) is 0 Å². The average molecular weight is 275 g/mol. The number of nitrogens with one attached hydrogen (secondary N) is 1. The Morgan fingerprint density at radius 1 is 1.37 bits per heavy atom. The first-order valence-corrected chi connectivity index (χ1v) is 8.66. The van der Waals surface area contributed by atoms with Crippen molar-refractivity contribution < 1.29 is 4.89 Å². The van der Waals surface area contributed by atoms with Gasteiger partial charge in [0, 0.05) is 6.54 Å². The van der Waals surface area contributed by atoms with Gasteiger partial charge < -0.3 is 4.89 Å². The molecule has 2 heterocycles. The largest absolute Gasteiger partial charge is 0.651 e. The van der Waals surface area contributed by atoms with Crippen LogP contribution in [0, 0.1) is 11.3 Å². The molecule has 2 fully saturated rings. The second-order valence-corrected chi connectivity index (χ2v) is 7.89. The Balaban J connectivity index is 1.76. The number of hydrogen-bond acceptors (Lipinski definition) is 4. The fraction of sp³-hybridized carbons (Fsp3) is 0.500. The first-order valence-electron chi connectivity index (χ1n) is 6.82. The van der Waals surface area contributed by atoms with Gasteiger partial charge in [-0.2, -0.15) is 15.0 Å². The maximum atomic E-state index is 13.1. The van der Waals surface area contributed by atoms with Crippen molar-refractivity contribution in [3.8, 4) is 6.07 Å². The second kappa shape index (κ2) is 5.19. The predicted molar refractivity (Wildman–Crippen MR) is 74.1 cm³/mol. The summed E-state index contributed by atoms with van der Waals surface area (Å²) in [4.78, 5) is 13.1. The molecule has 1 aromatic carbocycles. The minimum atomic E-state index is -2.45. The molecular weight excluding hydrogens is 257 g/mol. The molecule has 2 unspecified atom stereocenters. The van der Waals surface area contributed by atoms with E-state index in [1.165, 1.54) is 6.42 Å². The Morgan fingerprint density at radius 3 is 2.89 bits per heavy atom. The number of nitrogens with zero attached hydrogens (tertiary/aromatic N) is 2. The van der Waals surface area contributed by atoms with E-state index >= 15 is 0 Å². The molecule has 19 heavy (non-hydrogen) atoms. The highest BCUT2D eigenvalue weighted by Crippen LogP contribution is 2.58. The van der Waals surface area contributed by atoms with Gasteiger partial charge in [0.15, 0.2) is 0 Å². The smallest absolute Gasteiger partial charge is 0.111 e. The van der Waals surface area contributed by atoms with Crippen LogP contribution in [-0.4, -0.2) is 23.8 Å². The maximum Gasteiger partial charge on any atom is 0.111 e. The zero-order chi connectivity index (χ0) is 13.3. The SMILES string of the molecule is N#Cc1ccc(C[P+]2([O-])NCC3CCCCN32)cc1. The van der Waals surface area contributed by atoms with Crippen LogP contribution in [0.15, 0.2) is 24.3 Å². The molecule has 4 nitrogen and oxygen atoms in total. The molecule has 0 saturated carbocycles. The second-order valence-electron chi connectivity index (χ2n) is 5.34. The minimum absolute atomic E-state index is 0.456. The van der Waals surface area contributed by atoms with Crippen LogP contribution >= 0.6 is 7.79 Å². The third kappa shape index (κ3) is 2.52. The van der Waals surface area contributed by atoms with E-state index in [2.05, 4.69) is 15.8 Å². The first-order chi connectivity index (χ1) is 9.21. The van der Waals surface area contributed by atoms with E-state index in [0.717, 1.165) is 31.5 Å². The van der Waals surface area contributed by atoms with Crippen molar-refractivity contribution in [2.24, 2.45) is 0 Å². The van der Waals surface area contributed by atoms with Gasteiger partial charge in [0.2, 0.25) is 0 Å². The molecule has 1 N–H and O–H groups in total.